The first-order valence-electron chi connectivity index (χ1n) is 13.1. The van der Waals surface area contributed by atoms with Crippen molar-refractivity contribution in [3.8, 4) is 22.6 Å². The molecule has 2 aliphatic rings. The van der Waals surface area contributed by atoms with Gasteiger partial charge in [-0.05, 0) is 85.5 Å². The molecule has 0 N–H and O–H groups in total. The highest BCUT2D eigenvalue weighted by molar-refractivity contribution is 5.68. The Morgan fingerprint density at radius 3 is 2.43 bits per heavy atom. The van der Waals surface area contributed by atoms with Gasteiger partial charge in [-0.15, -0.1) is 0 Å². The van der Waals surface area contributed by atoms with Crippen LogP contribution in [0.1, 0.15) is 53.5 Å². The summed E-state index contributed by atoms with van der Waals surface area (Å²) in [5, 5.41) is 0. The zero-order chi connectivity index (χ0) is 24.0. The average Bonchev–Trinajstić information content (AvgIpc) is 3.39. The maximum Gasteiger partial charge on any atom is 0.127 e. The lowest BCUT2D eigenvalue weighted by Crippen LogP contribution is -2.29. The lowest BCUT2D eigenvalue weighted by molar-refractivity contribution is 0.212. The van der Waals surface area contributed by atoms with Gasteiger partial charge in [-0.3, -0.25) is 4.90 Å². The highest BCUT2D eigenvalue weighted by Gasteiger charge is 2.25. The molecule has 3 aromatic rings. The second-order valence-corrected chi connectivity index (χ2v) is 9.78. The van der Waals surface area contributed by atoms with Gasteiger partial charge in [-0.2, -0.15) is 0 Å². The number of rotatable bonds is 9. The van der Waals surface area contributed by atoms with Crippen LogP contribution in [0.25, 0.3) is 11.1 Å². The summed E-state index contributed by atoms with van der Waals surface area (Å²) >= 11 is 0. The number of hydrogen-bond donors (Lipinski definition) is 0. The standard InChI is InChI=1S/C31H36FNO2/c1-23-25(12-8-13-26(23)24-10-4-2-5-11-24)22-35-30-20-31(34-19-16-32)29(27-14-9-15-28(27)30)21-33-17-6-3-7-18-33/h2,4-5,8,10-13,20H,3,6-7,9,14-19,21-22H2,1H3. The maximum absolute atomic E-state index is 13.1. The van der Waals surface area contributed by atoms with Gasteiger partial charge in [0, 0.05) is 18.2 Å². The number of likely N-dealkylation sites (tertiary alicyclic amines) is 1. The van der Waals surface area contributed by atoms with E-state index < -0.39 is 6.67 Å². The zero-order valence-electron chi connectivity index (χ0n) is 20.8. The van der Waals surface area contributed by atoms with E-state index in [2.05, 4.69) is 54.3 Å². The van der Waals surface area contributed by atoms with Gasteiger partial charge < -0.3 is 9.47 Å². The number of ether oxygens (including phenoxy) is 2. The Morgan fingerprint density at radius 2 is 1.63 bits per heavy atom. The topological polar surface area (TPSA) is 21.7 Å². The van der Waals surface area contributed by atoms with Crippen LogP contribution >= 0.6 is 0 Å². The largest absolute Gasteiger partial charge is 0.490 e. The number of benzene rings is 3. The molecule has 4 heteroatoms. The van der Waals surface area contributed by atoms with Crippen molar-refractivity contribution in [3.05, 3.63) is 82.4 Å². The first-order chi connectivity index (χ1) is 17.2. The van der Waals surface area contributed by atoms with Crippen LogP contribution in [0.4, 0.5) is 4.39 Å². The van der Waals surface area contributed by atoms with E-state index in [1.54, 1.807) is 0 Å². The Kier molecular flexibility index (Phi) is 7.68. The summed E-state index contributed by atoms with van der Waals surface area (Å²) in [5.41, 5.74) is 8.82. The fourth-order valence-electron chi connectivity index (χ4n) is 5.64. The minimum absolute atomic E-state index is 0.0868. The van der Waals surface area contributed by atoms with Crippen molar-refractivity contribution in [2.45, 2.75) is 58.6 Å². The molecule has 3 nitrogen and oxygen atoms in total. The van der Waals surface area contributed by atoms with Crippen molar-refractivity contribution < 1.29 is 13.9 Å². The van der Waals surface area contributed by atoms with Crippen LogP contribution < -0.4 is 9.47 Å². The van der Waals surface area contributed by atoms with E-state index in [1.807, 2.05) is 12.1 Å². The molecule has 1 aliphatic carbocycles. The average molecular weight is 474 g/mol. The molecule has 35 heavy (non-hydrogen) atoms. The summed E-state index contributed by atoms with van der Waals surface area (Å²) in [7, 11) is 0. The number of alkyl halides is 1. The number of nitrogens with zero attached hydrogens (tertiary/aromatic N) is 1. The van der Waals surface area contributed by atoms with Gasteiger partial charge in [0.25, 0.3) is 0 Å². The number of halogens is 1. The lowest BCUT2D eigenvalue weighted by Gasteiger charge is -2.29. The molecule has 1 fully saturated rings. The minimum atomic E-state index is -0.484. The van der Waals surface area contributed by atoms with Crippen molar-refractivity contribution in [2.24, 2.45) is 0 Å². The Labute approximate surface area is 208 Å². The molecule has 1 aliphatic heterocycles. The molecule has 0 saturated carbocycles. The van der Waals surface area contributed by atoms with E-state index in [4.69, 9.17) is 9.47 Å². The number of fused-ring (bicyclic) bond motifs is 1. The third-order valence-electron chi connectivity index (χ3n) is 7.52. The fourth-order valence-corrected chi connectivity index (χ4v) is 5.64. The van der Waals surface area contributed by atoms with Gasteiger partial charge >= 0.3 is 0 Å². The Morgan fingerprint density at radius 1 is 0.829 bits per heavy atom. The van der Waals surface area contributed by atoms with Gasteiger partial charge in [0.05, 0.1) is 0 Å². The van der Waals surface area contributed by atoms with Crippen molar-refractivity contribution in [1.82, 2.24) is 4.90 Å². The molecule has 0 bridgehead atoms. The van der Waals surface area contributed by atoms with Crippen molar-refractivity contribution in [2.75, 3.05) is 26.4 Å². The molecular formula is C31H36FNO2. The number of piperidine rings is 1. The molecular weight excluding hydrogens is 437 g/mol. The molecule has 0 aromatic heterocycles. The molecule has 1 saturated heterocycles. The molecule has 0 spiro atoms. The summed E-state index contributed by atoms with van der Waals surface area (Å²) < 4.78 is 25.5. The van der Waals surface area contributed by atoms with Gasteiger partial charge in [-0.25, -0.2) is 4.39 Å². The summed E-state index contributed by atoms with van der Waals surface area (Å²) in [4.78, 5) is 2.53. The van der Waals surface area contributed by atoms with Crippen LogP contribution in [0.15, 0.2) is 54.6 Å². The molecule has 0 unspecified atom stereocenters. The minimum Gasteiger partial charge on any atom is -0.490 e. The molecule has 0 radical (unpaired) electrons. The van der Waals surface area contributed by atoms with Crippen LogP contribution in [0.5, 0.6) is 11.5 Å². The molecule has 5 rings (SSSR count). The van der Waals surface area contributed by atoms with E-state index in [0.717, 1.165) is 50.4 Å². The highest BCUT2D eigenvalue weighted by Crippen LogP contribution is 2.40. The number of hydrogen-bond acceptors (Lipinski definition) is 3. The van der Waals surface area contributed by atoms with Gasteiger partial charge in [0.15, 0.2) is 0 Å². The lowest BCUT2D eigenvalue weighted by atomic mass is 9.96. The first kappa shape index (κ1) is 23.9. The van der Waals surface area contributed by atoms with Crippen molar-refractivity contribution in [3.63, 3.8) is 0 Å². The van der Waals surface area contributed by atoms with Crippen LogP contribution in [0.3, 0.4) is 0 Å². The first-order valence-corrected chi connectivity index (χ1v) is 13.1. The Bertz CT molecular complexity index is 1140. The predicted molar refractivity (Wildman–Crippen MR) is 140 cm³/mol. The Hall–Kier alpha value is -2.85. The summed E-state index contributed by atoms with van der Waals surface area (Å²) in [6.45, 7) is 5.43. The normalized spacial score (nSPS) is 15.7. The maximum atomic E-state index is 13.1. The van der Waals surface area contributed by atoms with Crippen LogP contribution in [-0.2, 0) is 26.0 Å². The summed E-state index contributed by atoms with van der Waals surface area (Å²) in [6, 6.07) is 19.0. The third kappa shape index (κ3) is 5.38. The predicted octanol–water partition coefficient (Wildman–Crippen LogP) is 7.06. The molecule has 184 valence electrons. The molecule has 0 atom stereocenters. The highest BCUT2D eigenvalue weighted by atomic mass is 19.1. The van der Waals surface area contributed by atoms with E-state index in [9.17, 15) is 4.39 Å². The van der Waals surface area contributed by atoms with E-state index in [1.165, 1.54) is 58.2 Å². The van der Waals surface area contributed by atoms with Crippen LogP contribution in [-0.4, -0.2) is 31.3 Å². The summed E-state index contributed by atoms with van der Waals surface area (Å²) in [5.74, 6) is 1.71. The monoisotopic (exact) mass is 473 g/mol. The fraction of sp³-hybridized carbons (Fsp3) is 0.419. The second-order valence-electron chi connectivity index (χ2n) is 9.78. The molecule has 0 amide bonds. The van der Waals surface area contributed by atoms with Gasteiger partial charge in [0.1, 0.15) is 31.4 Å². The van der Waals surface area contributed by atoms with E-state index in [0.29, 0.717) is 6.61 Å². The van der Waals surface area contributed by atoms with Crippen LogP contribution in [0.2, 0.25) is 0 Å². The van der Waals surface area contributed by atoms with Gasteiger partial charge in [0.2, 0.25) is 0 Å². The second kappa shape index (κ2) is 11.3. The molecule has 3 aromatic carbocycles. The van der Waals surface area contributed by atoms with Gasteiger partial charge in [-0.1, -0.05) is 55.0 Å². The quantitative estimate of drug-likeness (QED) is 0.332. The zero-order valence-corrected chi connectivity index (χ0v) is 20.8. The summed E-state index contributed by atoms with van der Waals surface area (Å²) in [6.07, 6.45) is 7.04. The Balaban J connectivity index is 1.42. The third-order valence-corrected chi connectivity index (χ3v) is 7.52. The van der Waals surface area contributed by atoms with E-state index >= 15 is 0 Å². The van der Waals surface area contributed by atoms with E-state index in [-0.39, 0.29) is 6.61 Å². The molecule has 1 heterocycles. The SMILES string of the molecule is Cc1c(COc2cc(OCCF)c(CN3CCCCC3)c3c2CCC3)cccc1-c1ccccc1. The smallest absolute Gasteiger partial charge is 0.127 e. The van der Waals surface area contributed by atoms with Crippen molar-refractivity contribution >= 4 is 0 Å². The van der Waals surface area contributed by atoms with Crippen LogP contribution in [0, 0.1) is 6.92 Å². The van der Waals surface area contributed by atoms with Crippen molar-refractivity contribution in [1.29, 1.82) is 0 Å².